The Morgan fingerprint density at radius 2 is 2.13 bits per heavy atom. The van der Waals surface area contributed by atoms with Gasteiger partial charge in [0.05, 0.1) is 17.4 Å². The third-order valence-electron chi connectivity index (χ3n) is 6.81. The van der Waals surface area contributed by atoms with Crippen LogP contribution in [0.2, 0.25) is 0 Å². The molecule has 1 aromatic carbocycles. The first-order valence-corrected chi connectivity index (χ1v) is 11.0. The Labute approximate surface area is 179 Å². The molecule has 3 aliphatic rings. The number of anilines is 2. The normalized spacial score (nSPS) is 27.2. The molecule has 5 rings (SSSR count). The van der Waals surface area contributed by atoms with Gasteiger partial charge >= 0.3 is 0 Å². The minimum absolute atomic E-state index is 0.194. The Morgan fingerprint density at radius 1 is 1.23 bits per heavy atom. The van der Waals surface area contributed by atoms with Crippen molar-refractivity contribution in [2.24, 2.45) is 0 Å². The summed E-state index contributed by atoms with van der Waals surface area (Å²) in [5.74, 6) is 0. The number of likely N-dealkylation sites (N-methyl/N-ethyl adjacent to an activating group) is 1. The second kappa shape index (κ2) is 7.80. The number of benzene rings is 1. The van der Waals surface area contributed by atoms with E-state index in [-0.39, 0.29) is 5.66 Å². The van der Waals surface area contributed by atoms with Gasteiger partial charge in [-0.25, -0.2) is 0 Å². The van der Waals surface area contributed by atoms with Gasteiger partial charge in [-0.05, 0) is 74.8 Å². The van der Waals surface area contributed by atoms with Gasteiger partial charge in [0, 0.05) is 31.5 Å². The molecule has 0 amide bonds. The molecule has 5 nitrogen and oxygen atoms in total. The average molecular weight is 402 g/mol. The number of hydrogen-bond acceptors (Lipinski definition) is 5. The Hall–Kier alpha value is -2.79. The Balaban J connectivity index is 1.40. The SMILES string of the molecule is CN(CC1(C)Nc2ccccc2N1Cc1cccnc1)C1CCCC2=CC=CNC21. The van der Waals surface area contributed by atoms with E-state index in [0.29, 0.717) is 12.1 Å². The van der Waals surface area contributed by atoms with Crippen LogP contribution in [0.3, 0.4) is 0 Å². The second-order valence-electron chi connectivity index (χ2n) is 8.98. The van der Waals surface area contributed by atoms with E-state index in [4.69, 9.17) is 0 Å². The summed E-state index contributed by atoms with van der Waals surface area (Å²) >= 11 is 0. The first-order valence-electron chi connectivity index (χ1n) is 11.0. The van der Waals surface area contributed by atoms with Crippen molar-refractivity contribution in [2.45, 2.75) is 50.5 Å². The van der Waals surface area contributed by atoms with Gasteiger partial charge < -0.3 is 15.5 Å². The van der Waals surface area contributed by atoms with Gasteiger partial charge in [0.2, 0.25) is 0 Å². The first kappa shape index (κ1) is 19.2. The number of rotatable bonds is 5. The van der Waals surface area contributed by atoms with Gasteiger partial charge in [-0.2, -0.15) is 0 Å². The van der Waals surface area contributed by atoms with Crippen LogP contribution in [0.5, 0.6) is 0 Å². The standard InChI is InChI=1S/C25H31N5/c1-25(18-29(2)23-13-5-9-20-10-7-15-27-24(20)23)28-21-11-3-4-12-22(21)30(25)17-19-8-6-14-26-16-19/h3-4,6-8,10-12,14-16,23-24,27-28H,5,9,13,17-18H2,1-2H3. The number of nitrogens with zero attached hydrogens (tertiary/aromatic N) is 3. The van der Waals surface area contributed by atoms with Gasteiger partial charge in [0.1, 0.15) is 5.66 Å². The highest BCUT2D eigenvalue weighted by Crippen LogP contribution is 2.41. The maximum atomic E-state index is 4.33. The number of aromatic nitrogens is 1. The number of allylic oxidation sites excluding steroid dienone is 2. The number of pyridine rings is 1. The minimum Gasteiger partial charge on any atom is -0.383 e. The van der Waals surface area contributed by atoms with Crippen molar-refractivity contribution in [3.05, 3.63) is 78.3 Å². The predicted octanol–water partition coefficient (Wildman–Crippen LogP) is 4.13. The molecule has 1 fully saturated rings. The number of para-hydroxylation sites is 2. The van der Waals surface area contributed by atoms with Crippen LogP contribution >= 0.6 is 0 Å². The molecule has 1 saturated carbocycles. The number of nitrogens with one attached hydrogen (secondary N) is 2. The maximum Gasteiger partial charge on any atom is 0.121 e. The lowest BCUT2D eigenvalue weighted by atomic mass is 9.83. The molecule has 1 aromatic heterocycles. The fraction of sp³-hybridized carbons (Fsp3) is 0.400. The smallest absolute Gasteiger partial charge is 0.121 e. The molecule has 156 valence electrons. The molecule has 0 bridgehead atoms. The Bertz CT molecular complexity index is 953. The van der Waals surface area contributed by atoms with Crippen molar-refractivity contribution in [1.82, 2.24) is 15.2 Å². The molecule has 3 atom stereocenters. The summed E-state index contributed by atoms with van der Waals surface area (Å²) in [7, 11) is 2.28. The van der Waals surface area contributed by atoms with E-state index in [1.165, 1.54) is 36.2 Å². The third-order valence-corrected chi connectivity index (χ3v) is 6.81. The molecule has 2 aromatic rings. The summed E-state index contributed by atoms with van der Waals surface area (Å²) in [6.45, 7) is 4.10. The quantitative estimate of drug-likeness (QED) is 0.789. The molecule has 2 aliphatic heterocycles. The lowest BCUT2D eigenvalue weighted by molar-refractivity contribution is 0.156. The van der Waals surface area contributed by atoms with Crippen LogP contribution in [0.15, 0.2) is 72.7 Å². The predicted molar refractivity (Wildman–Crippen MR) is 123 cm³/mol. The number of hydrogen-bond donors (Lipinski definition) is 2. The summed E-state index contributed by atoms with van der Waals surface area (Å²) in [5.41, 5.74) is 5.05. The largest absolute Gasteiger partial charge is 0.383 e. The van der Waals surface area contributed by atoms with Crippen LogP contribution in [0.25, 0.3) is 0 Å². The molecule has 0 saturated heterocycles. The molecule has 5 heteroatoms. The van der Waals surface area contributed by atoms with E-state index in [2.05, 4.69) is 88.1 Å². The van der Waals surface area contributed by atoms with Gasteiger partial charge in [-0.15, -0.1) is 0 Å². The Kier molecular flexibility index (Phi) is 4.99. The molecule has 30 heavy (non-hydrogen) atoms. The zero-order valence-electron chi connectivity index (χ0n) is 17.9. The van der Waals surface area contributed by atoms with Gasteiger partial charge in [-0.1, -0.05) is 24.3 Å². The van der Waals surface area contributed by atoms with Crippen molar-refractivity contribution < 1.29 is 0 Å². The lowest BCUT2D eigenvalue weighted by Crippen LogP contribution is -2.59. The van der Waals surface area contributed by atoms with E-state index < -0.39 is 0 Å². The fourth-order valence-electron chi connectivity index (χ4n) is 5.40. The van der Waals surface area contributed by atoms with E-state index in [1.54, 1.807) is 5.57 Å². The van der Waals surface area contributed by atoms with E-state index in [9.17, 15) is 0 Å². The molecule has 3 heterocycles. The fourth-order valence-corrected chi connectivity index (χ4v) is 5.40. The van der Waals surface area contributed by atoms with E-state index in [0.717, 1.165) is 13.1 Å². The van der Waals surface area contributed by atoms with Crippen molar-refractivity contribution in [3.8, 4) is 0 Å². The van der Waals surface area contributed by atoms with Crippen LogP contribution in [0.1, 0.15) is 31.7 Å². The summed E-state index contributed by atoms with van der Waals surface area (Å²) in [6.07, 6.45) is 14.1. The van der Waals surface area contributed by atoms with Crippen molar-refractivity contribution in [3.63, 3.8) is 0 Å². The molecule has 2 N–H and O–H groups in total. The highest BCUT2D eigenvalue weighted by atomic mass is 15.4. The zero-order valence-corrected chi connectivity index (χ0v) is 17.9. The Morgan fingerprint density at radius 3 is 3.00 bits per heavy atom. The summed E-state index contributed by atoms with van der Waals surface area (Å²) < 4.78 is 0. The van der Waals surface area contributed by atoms with Crippen LogP contribution in [0.4, 0.5) is 11.4 Å². The highest BCUT2D eigenvalue weighted by molar-refractivity contribution is 5.77. The topological polar surface area (TPSA) is 43.4 Å². The number of dihydropyridines is 1. The van der Waals surface area contributed by atoms with Gasteiger partial charge in [0.15, 0.2) is 0 Å². The molecule has 3 unspecified atom stereocenters. The lowest BCUT2D eigenvalue weighted by Gasteiger charge is -2.46. The second-order valence-corrected chi connectivity index (χ2v) is 8.98. The summed E-state index contributed by atoms with van der Waals surface area (Å²) in [5, 5.41) is 7.46. The molecule has 1 aliphatic carbocycles. The molecule has 0 radical (unpaired) electrons. The van der Waals surface area contributed by atoms with Gasteiger partial charge in [0.25, 0.3) is 0 Å². The third kappa shape index (κ3) is 3.47. The average Bonchev–Trinajstić information content (AvgIpc) is 3.05. The minimum atomic E-state index is -0.194. The van der Waals surface area contributed by atoms with Crippen LogP contribution < -0.4 is 15.5 Å². The van der Waals surface area contributed by atoms with Crippen LogP contribution in [0, 0.1) is 0 Å². The van der Waals surface area contributed by atoms with Crippen molar-refractivity contribution in [2.75, 3.05) is 23.8 Å². The van der Waals surface area contributed by atoms with E-state index >= 15 is 0 Å². The van der Waals surface area contributed by atoms with Gasteiger partial charge in [-0.3, -0.25) is 9.88 Å². The molecule has 0 spiro atoms. The van der Waals surface area contributed by atoms with Crippen LogP contribution in [-0.4, -0.2) is 41.2 Å². The summed E-state index contributed by atoms with van der Waals surface area (Å²) in [6, 6.07) is 13.7. The van der Waals surface area contributed by atoms with Crippen molar-refractivity contribution >= 4 is 11.4 Å². The van der Waals surface area contributed by atoms with Crippen LogP contribution in [-0.2, 0) is 6.54 Å². The monoisotopic (exact) mass is 401 g/mol. The number of fused-ring (bicyclic) bond motifs is 2. The van der Waals surface area contributed by atoms with E-state index in [1.807, 2.05) is 18.5 Å². The highest BCUT2D eigenvalue weighted by Gasteiger charge is 2.42. The zero-order chi connectivity index (χ0) is 20.6. The summed E-state index contributed by atoms with van der Waals surface area (Å²) in [4.78, 5) is 9.39. The molecular weight excluding hydrogens is 370 g/mol. The van der Waals surface area contributed by atoms with Crippen molar-refractivity contribution in [1.29, 1.82) is 0 Å². The first-order chi connectivity index (χ1) is 14.6. The maximum absolute atomic E-state index is 4.33. The molecular formula is C25H31N5.